The van der Waals surface area contributed by atoms with Gasteiger partial charge >= 0.3 is 5.97 Å². The van der Waals surface area contributed by atoms with Crippen molar-refractivity contribution < 1.29 is 14.7 Å². The SMILES string of the molecule is Br.O=C(O)C1=CCS[C@@H]2CC(=O)N12. The van der Waals surface area contributed by atoms with Gasteiger partial charge in [-0.05, 0) is 6.08 Å². The molecule has 0 aromatic carbocycles. The maximum atomic E-state index is 11.0. The minimum Gasteiger partial charge on any atom is -0.477 e. The number of carbonyl (C=O) groups excluding carboxylic acids is 1. The van der Waals surface area contributed by atoms with Crippen molar-refractivity contribution in [2.45, 2.75) is 11.8 Å². The first-order chi connectivity index (χ1) is 5.70. The third kappa shape index (κ3) is 1.60. The van der Waals surface area contributed by atoms with Gasteiger partial charge in [-0.1, -0.05) is 0 Å². The lowest BCUT2D eigenvalue weighted by Gasteiger charge is -2.42. The molecule has 1 saturated heterocycles. The van der Waals surface area contributed by atoms with Crippen LogP contribution in [0.1, 0.15) is 6.42 Å². The summed E-state index contributed by atoms with van der Waals surface area (Å²) in [7, 11) is 0. The zero-order valence-electron chi connectivity index (χ0n) is 6.60. The Morgan fingerprint density at radius 2 is 2.38 bits per heavy atom. The van der Waals surface area contributed by atoms with Crippen LogP contribution in [0, 0.1) is 0 Å². The number of thioether (sulfide) groups is 1. The molecule has 0 bridgehead atoms. The third-order valence-corrected chi connectivity index (χ3v) is 3.07. The van der Waals surface area contributed by atoms with Crippen molar-refractivity contribution in [3.05, 3.63) is 11.8 Å². The molecule has 1 amide bonds. The maximum absolute atomic E-state index is 11.0. The number of rotatable bonds is 1. The third-order valence-electron chi connectivity index (χ3n) is 1.95. The van der Waals surface area contributed by atoms with Gasteiger partial charge in [0.2, 0.25) is 5.91 Å². The van der Waals surface area contributed by atoms with E-state index in [0.717, 1.165) is 0 Å². The van der Waals surface area contributed by atoms with Gasteiger partial charge in [0.1, 0.15) is 5.70 Å². The van der Waals surface area contributed by atoms with Crippen molar-refractivity contribution in [3.63, 3.8) is 0 Å². The molecule has 1 atom stereocenters. The lowest BCUT2D eigenvalue weighted by Crippen LogP contribution is -2.52. The van der Waals surface area contributed by atoms with E-state index in [0.29, 0.717) is 12.2 Å². The molecule has 0 aromatic heterocycles. The number of nitrogens with zero attached hydrogens (tertiary/aromatic N) is 1. The summed E-state index contributed by atoms with van der Waals surface area (Å²) in [4.78, 5) is 23.0. The Bertz CT molecular complexity index is 291. The number of hydrogen-bond donors (Lipinski definition) is 1. The Morgan fingerprint density at radius 1 is 1.69 bits per heavy atom. The van der Waals surface area contributed by atoms with E-state index >= 15 is 0 Å². The maximum Gasteiger partial charge on any atom is 0.352 e. The van der Waals surface area contributed by atoms with Crippen molar-refractivity contribution in [1.29, 1.82) is 0 Å². The summed E-state index contributed by atoms with van der Waals surface area (Å²) in [6.07, 6.45) is 2.07. The molecule has 4 nitrogen and oxygen atoms in total. The number of amides is 1. The van der Waals surface area contributed by atoms with Gasteiger partial charge in [-0.3, -0.25) is 9.69 Å². The molecule has 0 aromatic rings. The number of fused-ring (bicyclic) bond motifs is 1. The molecule has 2 heterocycles. The van der Waals surface area contributed by atoms with E-state index in [1.54, 1.807) is 17.8 Å². The quantitative estimate of drug-likeness (QED) is 0.714. The summed E-state index contributed by atoms with van der Waals surface area (Å²) in [5.74, 6) is -0.398. The van der Waals surface area contributed by atoms with E-state index in [1.807, 2.05) is 0 Å². The highest BCUT2D eigenvalue weighted by Crippen LogP contribution is 2.36. The highest BCUT2D eigenvalue weighted by Gasteiger charge is 2.42. The molecule has 13 heavy (non-hydrogen) atoms. The Balaban J connectivity index is 0.000000845. The normalized spacial score (nSPS) is 25.2. The van der Waals surface area contributed by atoms with E-state index in [-0.39, 0.29) is 34.0 Å². The van der Waals surface area contributed by atoms with Gasteiger partial charge in [-0.25, -0.2) is 4.79 Å². The fourth-order valence-electron chi connectivity index (χ4n) is 1.34. The molecular formula is C7H8BrNO3S. The van der Waals surface area contributed by atoms with Crippen LogP contribution in [0.3, 0.4) is 0 Å². The topological polar surface area (TPSA) is 57.6 Å². The van der Waals surface area contributed by atoms with Gasteiger partial charge < -0.3 is 5.11 Å². The molecule has 0 saturated carbocycles. The van der Waals surface area contributed by atoms with Crippen LogP contribution in [0.15, 0.2) is 11.8 Å². The van der Waals surface area contributed by atoms with Crippen LogP contribution < -0.4 is 0 Å². The molecule has 0 aliphatic carbocycles. The fraction of sp³-hybridized carbons (Fsp3) is 0.429. The first kappa shape index (κ1) is 10.6. The van der Waals surface area contributed by atoms with Crippen LogP contribution >= 0.6 is 28.7 Å². The predicted molar refractivity (Wildman–Crippen MR) is 53.7 cm³/mol. The highest BCUT2D eigenvalue weighted by molar-refractivity contribution is 8.93. The Labute approximate surface area is 89.7 Å². The van der Waals surface area contributed by atoms with Gasteiger partial charge in [0.05, 0.1) is 11.8 Å². The van der Waals surface area contributed by atoms with Crippen LogP contribution in [0.25, 0.3) is 0 Å². The van der Waals surface area contributed by atoms with Crippen LogP contribution in [-0.4, -0.2) is 33.0 Å². The van der Waals surface area contributed by atoms with E-state index in [1.165, 1.54) is 4.90 Å². The molecule has 2 aliphatic rings. The Morgan fingerprint density at radius 3 is 2.85 bits per heavy atom. The Hall–Kier alpha value is -0.490. The van der Waals surface area contributed by atoms with Crippen LogP contribution in [-0.2, 0) is 9.59 Å². The zero-order chi connectivity index (χ0) is 8.72. The van der Waals surface area contributed by atoms with Crippen molar-refractivity contribution in [2.24, 2.45) is 0 Å². The predicted octanol–water partition coefficient (Wildman–Crippen LogP) is 0.838. The van der Waals surface area contributed by atoms with E-state index in [4.69, 9.17) is 5.11 Å². The number of hydrogen-bond acceptors (Lipinski definition) is 3. The van der Waals surface area contributed by atoms with Gasteiger partial charge in [-0.15, -0.1) is 28.7 Å². The summed E-state index contributed by atoms with van der Waals surface area (Å²) < 4.78 is 0. The second-order valence-electron chi connectivity index (χ2n) is 2.65. The van der Waals surface area contributed by atoms with Crippen molar-refractivity contribution >= 4 is 40.6 Å². The van der Waals surface area contributed by atoms with E-state index < -0.39 is 5.97 Å². The zero-order valence-corrected chi connectivity index (χ0v) is 9.13. The number of carboxylic acids is 1. The standard InChI is InChI=1S/C7H7NO3S.BrH/c9-5-3-6-8(5)4(7(10)11)1-2-12-6;/h1,6H,2-3H2,(H,10,11);1H/t6-;/m1./s1. The van der Waals surface area contributed by atoms with Crippen LogP contribution in [0.5, 0.6) is 0 Å². The van der Waals surface area contributed by atoms with Gasteiger partial charge in [-0.2, -0.15) is 0 Å². The highest BCUT2D eigenvalue weighted by atomic mass is 79.9. The molecule has 0 spiro atoms. The fourth-order valence-corrected chi connectivity index (χ4v) is 2.45. The summed E-state index contributed by atoms with van der Waals surface area (Å²) in [6, 6.07) is 0. The first-order valence-electron chi connectivity index (χ1n) is 3.57. The Kier molecular flexibility index (Phi) is 3.02. The minimum atomic E-state index is -1.01. The van der Waals surface area contributed by atoms with E-state index in [2.05, 4.69) is 0 Å². The molecule has 2 aliphatic heterocycles. The smallest absolute Gasteiger partial charge is 0.352 e. The average Bonchev–Trinajstić information content (AvgIpc) is 2.01. The second kappa shape index (κ2) is 3.71. The van der Waals surface area contributed by atoms with Crippen molar-refractivity contribution in [1.82, 2.24) is 4.90 Å². The van der Waals surface area contributed by atoms with Gasteiger partial charge in [0, 0.05) is 5.75 Å². The van der Waals surface area contributed by atoms with Crippen molar-refractivity contribution in [2.75, 3.05) is 5.75 Å². The number of carbonyl (C=O) groups is 2. The molecular weight excluding hydrogens is 258 g/mol. The second-order valence-corrected chi connectivity index (χ2v) is 3.86. The lowest BCUT2D eigenvalue weighted by atomic mass is 10.1. The largest absolute Gasteiger partial charge is 0.477 e. The first-order valence-corrected chi connectivity index (χ1v) is 4.62. The summed E-state index contributed by atoms with van der Waals surface area (Å²) in [5, 5.41) is 8.78. The molecule has 6 heteroatoms. The van der Waals surface area contributed by atoms with E-state index in [9.17, 15) is 9.59 Å². The molecule has 1 N–H and O–H groups in total. The lowest BCUT2D eigenvalue weighted by molar-refractivity contribution is -0.146. The summed E-state index contributed by atoms with van der Waals surface area (Å²) in [5.41, 5.74) is 0.148. The monoisotopic (exact) mass is 265 g/mol. The average molecular weight is 266 g/mol. The number of β-lactam (4-membered cyclic amide) rings is 1. The summed E-state index contributed by atoms with van der Waals surface area (Å²) in [6.45, 7) is 0. The van der Waals surface area contributed by atoms with Crippen molar-refractivity contribution in [3.8, 4) is 0 Å². The van der Waals surface area contributed by atoms with Gasteiger partial charge in [0.25, 0.3) is 0 Å². The van der Waals surface area contributed by atoms with Crippen LogP contribution in [0.2, 0.25) is 0 Å². The molecule has 0 radical (unpaired) electrons. The number of carboxylic acid groups (broad SMARTS) is 1. The summed E-state index contributed by atoms with van der Waals surface area (Å²) >= 11 is 1.60. The molecule has 2 rings (SSSR count). The van der Waals surface area contributed by atoms with Gasteiger partial charge in [0.15, 0.2) is 0 Å². The molecule has 72 valence electrons. The minimum absolute atomic E-state index is 0. The number of aliphatic carboxylic acids is 1. The van der Waals surface area contributed by atoms with Crippen LogP contribution in [0.4, 0.5) is 0 Å². The molecule has 1 fully saturated rings. The molecule has 0 unspecified atom stereocenters. The number of halogens is 1.